The molecule has 0 amide bonds. The molecule has 2 aromatic carbocycles. The van der Waals surface area contributed by atoms with Crippen molar-refractivity contribution in [1.82, 2.24) is 4.90 Å². The number of nitrogens with zero attached hydrogens (tertiary/aromatic N) is 1. The zero-order chi connectivity index (χ0) is 15.5. The summed E-state index contributed by atoms with van der Waals surface area (Å²) in [5.74, 6) is 0.00682. The molecule has 0 radical (unpaired) electrons. The Bertz CT molecular complexity index is 682. The van der Waals surface area contributed by atoms with Crippen molar-refractivity contribution in [1.29, 1.82) is 0 Å². The highest BCUT2D eigenvalue weighted by Crippen LogP contribution is 2.31. The van der Waals surface area contributed by atoms with Crippen molar-refractivity contribution >= 4 is 5.78 Å². The Balaban J connectivity index is 1.61. The van der Waals surface area contributed by atoms with Gasteiger partial charge < -0.3 is 10.2 Å². The van der Waals surface area contributed by atoms with E-state index in [1.807, 2.05) is 30.3 Å². The number of phenols is 2. The molecule has 0 fully saturated rings. The number of aromatic hydroxyl groups is 2. The Kier molecular flexibility index (Phi) is 4.11. The van der Waals surface area contributed by atoms with E-state index in [4.69, 9.17) is 0 Å². The van der Waals surface area contributed by atoms with Gasteiger partial charge in [0.25, 0.3) is 0 Å². The molecular formula is C18H19NO3. The molecule has 4 heteroatoms. The van der Waals surface area contributed by atoms with Crippen LogP contribution in [0.5, 0.6) is 11.5 Å². The van der Waals surface area contributed by atoms with E-state index in [2.05, 4.69) is 4.90 Å². The summed E-state index contributed by atoms with van der Waals surface area (Å²) in [7, 11) is 0. The Hall–Kier alpha value is -2.33. The van der Waals surface area contributed by atoms with Gasteiger partial charge >= 0.3 is 0 Å². The maximum absolute atomic E-state index is 12.1. The third-order valence-electron chi connectivity index (χ3n) is 4.14. The lowest BCUT2D eigenvalue weighted by molar-refractivity contribution is 0.0960. The lowest BCUT2D eigenvalue weighted by atomic mass is 9.98. The van der Waals surface area contributed by atoms with Gasteiger partial charge in [0.05, 0.1) is 0 Å². The van der Waals surface area contributed by atoms with E-state index in [1.54, 1.807) is 12.1 Å². The molecule has 22 heavy (non-hydrogen) atoms. The van der Waals surface area contributed by atoms with Crippen molar-refractivity contribution in [2.45, 2.75) is 19.4 Å². The average molecular weight is 297 g/mol. The first kappa shape index (κ1) is 14.6. The quantitative estimate of drug-likeness (QED) is 0.673. The Labute approximate surface area is 129 Å². The number of fused-ring (bicyclic) bond motifs is 1. The molecule has 0 bridgehead atoms. The number of benzene rings is 2. The van der Waals surface area contributed by atoms with E-state index in [-0.39, 0.29) is 17.3 Å². The van der Waals surface area contributed by atoms with Crippen molar-refractivity contribution in [3.63, 3.8) is 0 Å². The van der Waals surface area contributed by atoms with Gasteiger partial charge in [-0.1, -0.05) is 30.3 Å². The van der Waals surface area contributed by atoms with Gasteiger partial charge in [-0.15, -0.1) is 0 Å². The van der Waals surface area contributed by atoms with E-state index in [9.17, 15) is 15.0 Å². The van der Waals surface area contributed by atoms with Crippen LogP contribution in [-0.4, -0.2) is 34.0 Å². The van der Waals surface area contributed by atoms with E-state index in [0.717, 1.165) is 29.7 Å². The highest BCUT2D eigenvalue weighted by atomic mass is 16.3. The van der Waals surface area contributed by atoms with Crippen LogP contribution < -0.4 is 0 Å². The number of carbonyl (C=O) groups excluding carboxylic acids is 1. The first-order chi connectivity index (χ1) is 10.6. The summed E-state index contributed by atoms with van der Waals surface area (Å²) in [5, 5.41) is 19.1. The molecule has 1 aliphatic rings. The van der Waals surface area contributed by atoms with E-state index in [0.29, 0.717) is 19.5 Å². The first-order valence-electron chi connectivity index (χ1n) is 7.48. The zero-order valence-electron chi connectivity index (χ0n) is 12.3. The van der Waals surface area contributed by atoms with Crippen molar-refractivity contribution in [3.8, 4) is 11.5 Å². The minimum absolute atomic E-state index is 0.0635. The second-order valence-electron chi connectivity index (χ2n) is 5.67. The first-order valence-corrected chi connectivity index (χ1v) is 7.48. The standard InChI is InChI=1S/C18H19NO3/c20-16(13-4-2-1-3-5-13)7-9-19-8-6-14-10-17(21)18(22)11-15(14)12-19/h1-5,10-11,21-22H,6-9,12H2. The third kappa shape index (κ3) is 3.12. The van der Waals surface area contributed by atoms with Crippen LogP contribution in [-0.2, 0) is 13.0 Å². The molecule has 0 saturated carbocycles. The maximum atomic E-state index is 12.1. The van der Waals surface area contributed by atoms with Crippen molar-refractivity contribution < 1.29 is 15.0 Å². The van der Waals surface area contributed by atoms with Crippen LogP contribution in [0.25, 0.3) is 0 Å². The molecular weight excluding hydrogens is 278 g/mol. The largest absolute Gasteiger partial charge is 0.504 e. The highest BCUT2D eigenvalue weighted by Gasteiger charge is 2.19. The number of phenolic OH excluding ortho intramolecular Hbond substituents is 2. The molecule has 0 aliphatic carbocycles. The van der Waals surface area contributed by atoms with Gasteiger partial charge in [-0.3, -0.25) is 9.69 Å². The number of hydrogen-bond donors (Lipinski definition) is 2. The van der Waals surface area contributed by atoms with Crippen LogP contribution in [0.4, 0.5) is 0 Å². The van der Waals surface area contributed by atoms with Gasteiger partial charge in [0.2, 0.25) is 0 Å². The molecule has 114 valence electrons. The smallest absolute Gasteiger partial charge is 0.164 e. The van der Waals surface area contributed by atoms with Crippen LogP contribution in [0.3, 0.4) is 0 Å². The maximum Gasteiger partial charge on any atom is 0.164 e. The fraction of sp³-hybridized carbons (Fsp3) is 0.278. The van der Waals surface area contributed by atoms with Crippen LogP contribution >= 0.6 is 0 Å². The average Bonchev–Trinajstić information content (AvgIpc) is 2.54. The molecule has 1 heterocycles. The monoisotopic (exact) mass is 297 g/mol. The fourth-order valence-electron chi connectivity index (χ4n) is 2.86. The number of ketones is 1. The van der Waals surface area contributed by atoms with E-state index < -0.39 is 0 Å². The number of rotatable bonds is 4. The van der Waals surface area contributed by atoms with Gasteiger partial charge in [0.15, 0.2) is 17.3 Å². The summed E-state index contributed by atoms with van der Waals surface area (Å²) in [6.07, 6.45) is 1.31. The van der Waals surface area contributed by atoms with Gasteiger partial charge in [-0.25, -0.2) is 0 Å². The predicted octanol–water partition coefficient (Wildman–Crippen LogP) is 2.73. The summed E-state index contributed by atoms with van der Waals surface area (Å²) < 4.78 is 0. The molecule has 3 rings (SSSR count). The fourth-order valence-corrected chi connectivity index (χ4v) is 2.86. The molecule has 0 saturated heterocycles. The second kappa shape index (κ2) is 6.20. The lowest BCUT2D eigenvalue weighted by Crippen LogP contribution is -2.32. The van der Waals surface area contributed by atoms with Gasteiger partial charge in [-0.05, 0) is 29.7 Å². The lowest BCUT2D eigenvalue weighted by Gasteiger charge is -2.28. The zero-order valence-corrected chi connectivity index (χ0v) is 12.3. The van der Waals surface area contributed by atoms with Crippen LogP contribution in [0.2, 0.25) is 0 Å². The molecule has 2 N–H and O–H groups in total. The molecule has 0 spiro atoms. The SMILES string of the molecule is O=C(CCN1CCc2cc(O)c(O)cc2C1)c1ccccc1. The topological polar surface area (TPSA) is 60.8 Å². The predicted molar refractivity (Wildman–Crippen MR) is 84.1 cm³/mol. The molecule has 1 aliphatic heterocycles. The van der Waals surface area contributed by atoms with Gasteiger partial charge in [0, 0.05) is 31.6 Å². The molecule has 0 atom stereocenters. The van der Waals surface area contributed by atoms with Gasteiger partial charge in [0.1, 0.15) is 0 Å². The summed E-state index contributed by atoms with van der Waals surface area (Å²) >= 11 is 0. The molecule has 2 aromatic rings. The Morgan fingerprint density at radius 1 is 1.05 bits per heavy atom. The van der Waals surface area contributed by atoms with Crippen molar-refractivity contribution in [3.05, 3.63) is 59.2 Å². The second-order valence-corrected chi connectivity index (χ2v) is 5.67. The Morgan fingerprint density at radius 3 is 2.45 bits per heavy atom. The highest BCUT2D eigenvalue weighted by molar-refractivity contribution is 5.96. The van der Waals surface area contributed by atoms with E-state index >= 15 is 0 Å². The van der Waals surface area contributed by atoms with Crippen LogP contribution in [0.1, 0.15) is 27.9 Å². The molecule has 0 aromatic heterocycles. The Morgan fingerprint density at radius 2 is 1.73 bits per heavy atom. The van der Waals surface area contributed by atoms with E-state index in [1.165, 1.54) is 0 Å². The van der Waals surface area contributed by atoms with Crippen molar-refractivity contribution in [2.24, 2.45) is 0 Å². The third-order valence-corrected chi connectivity index (χ3v) is 4.14. The minimum Gasteiger partial charge on any atom is -0.504 e. The number of hydrogen-bond acceptors (Lipinski definition) is 4. The van der Waals surface area contributed by atoms with Crippen LogP contribution in [0, 0.1) is 0 Å². The van der Waals surface area contributed by atoms with Crippen molar-refractivity contribution in [2.75, 3.05) is 13.1 Å². The number of carbonyl (C=O) groups is 1. The van der Waals surface area contributed by atoms with Crippen LogP contribution in [0.15, 0.2) is 42.5 Å². The summed E-state index contributed by atoms with van der Waals surface area (Å²) in [5.41, 5.74) is 2.84. The molecule has 4 nitrogen and oxygen atoms in total. The normalized spacial score (nSPS) is 14.5. The molecule has 0 unspecified atom stereocenters. The summed E-state index contributed by atoms with van der Waals surface area (Å²) in [6, 6.07) is 12.6. The minimum atomic E-state index is -0.0824. The summed E-state index contributed by atoms with van der Waals surface area (Å²) in [6.45, 7) is 2.26. The van der Waals surface area contributed by atoms with Gasteiger partial charge in [-0.2, -0.15) is 0 Å². The number of Topliss-reactive ketones (excluding diaryl/α,β-unsaturated/α-hetero) is 1. The summed E-state index contributed by atoms with van der Waals surface area (Å²) in [4.78, 5) is 14.3.